The quantitative estimate of drug-likeness (QED) is 0.542. The number of rotatable bonds is 5. The zero-order chi connectivity index (χ0) is 22.9. The minimum absolute atomic E-state index is 0.137. The Morgan fingerprint density at radius 3 is 2.36 bits per heavy atom. The zero-order valence-corrected chi connectivity index (χ0v) is 18.8. The van der Waals surface area contributed by atoms with Crippen molar-refractivity contribution in [1.82, 2.24) is 10.2 Å². The first-order valence-electron chi connectivity index (χ1n) is 12.1. The molecular weight excluding hydrogens is 422 g/mol. The molecule has 1 saturated carbocycles. The summed E-state index contributed by atoms with van der Waals surface area (Å²) in [5.41, 5.74) is 2.68. The molecule has 0 radical (unpaired) electrons. The highest BCUT2D eigenvalue weighted by molar-refractivity contribution is 6.05. The smallest absolute Gasteiger partial charge is 0.255 e. The van der Waals surface area contributed by atoms with Gasteiger partial charge in [0, 0.05) is 43.2 Å². The van der Waals surface area contributed by atoms with Gasteiger partial charge in [-0.2, -0.15) is 0 Å². The molecule has 3 amide bonds. The first kappa shape index (κ1) is 22.1. The van der Waals surface area contributed by atoms with Crippen LogP contribution in [0.15, 0.2) is 18.2 Å². The highest BCUT2D eigenvalue weighted by atomic mass is 16.5. The lowest BCUT2D eigenvalue weighted by atomic mass is 9.88. The fourth-order valence-corrected chi connectivity index (χ4v) is 5.64. The van der Waals surface area contributed by atoms with Gasteiger partial charge in [0.05, 0.1) is 12.2 Å². The fourth-order valence-electron chi connectivity index (χ4n) is 5.64. The Hall–Kier alpha value is -2.74. The molecule has 4 aliphatic rings. The maximum Gasteiger partial charge on any atom is 0.255 e. The monoisotopic (exact) mass is 453 g/mol. The van der Waals surface area contributed by atoms with E-state index in [-0.39, 0.29) is 42.3 Å². The van der Waals surface area contributed by atoms with Crippen molar-refractivity contribution < 1.29 is 23.9 Å². The number of nitrogens with zero attached hydrogens (tertiary/aromatic N) is 2. The molecule has 3 heterocycles. The van der Waals surface area contributed by atoms with Crippen LogP contribution in [0.5, 0.6) is 0 Å². The van der Waals surface area contributed by atoms with Gasteiger partial charge in [0.25, 0.3) is 5.91 Å². The molecule has 0 bridgehead atoms. The van der Waals surface area contributed by atoms with E-state index in [4.69, 9.17) is 4.74 Å². The molecule has 33 heavy (non-hydrogen) atoms. The van der Waals surface area contributed by atoms with Crippen molar-refractivity contribution in [1.29, 1.82) is 0 Å². The predicted octanol–water partition coefficient (Wildman–Crippen LogP) is 2.19. The lowest BCUT2D eigenvalue weighted by Gasteiger charge is -2.36. The van der Waals surface area contributed by atoms with E-state index in [1.807, 2.05) is 12.1 Å². The second-order valence-corrected chi connectivity index (χ2v) is 9.74. The van der Waals surface area contributed by atoms with Crippen LogP contribution in [0.4, 0.5) is 5.69 Å². The van der Waals surface area contributed by atoms with Gasteiger partial charge in [-0.15, -0.1) is 0 Å². The second kappa shape index (κ2) is 9.25. The van der Waals surface area contributed by atoms with Gasteiger partial charge >= 0.3 is 0 Å². The normalized spacial score (nSPS) is 28.6. The largest absolute Gasteiger partial charge is 0.375 e. The SMILES string of the molecule is O=CC1CCC(OC2CCN(c3ccc4c(c3)CN(C3CCC(=O)NC3=O)C4=O)CC2)CC1. The van der Waals surface area contributed by atoms with E-state index >= 15 is 0 Å². The Balaban J connectivity index is 1.17. The highest BCUT2D eigenvalue weighted by Gasteiger charge is 2.39. The van der Waals surface area contributed by atoms with Gasteiger partial charge < -0.3 is 19.3 Å². The Morgan fingerprint density at radius 1 is 0.939 bits per heavy atom. The van der Waals surface area contributed by atoms with Crippen LogP contribution in [0.1, 0.15) is 67.3 Å². The standard InChI is InChI=1S/C25H31N3O5/c29-15-16-1-4-19(5-2-16)33-20-9-11-27(12-10-20)18-3-6-21-17(13-18)14-28(25(21)32)22-7-8-23(30)26-24(22)31/h3,6,13,15-16,19-20,22H,1-2,4-5,7-12,14H2,(H,26,30,31). The summed E-state index contributed by atoms with van der Waals surface area (Å²) >= 11 is 0. The molecule has 3 fully saturated rings. The van der Waals surface area contributed by atoms with Crippen LogP contribution < -0.4 is 10.2 Å². The summed E-state index contributed by atoms with van der Waals surface area (Å²) in [5, 5.41) is 2.35. The van der Waals surface area contributed by atoms with Crippen molar-refractivity contribution in [2.45, 2.75) is 76.2 Å². The molecule has 2 saturated heterocycles. The van der Waals surface area contributed by atoms with Crippen molar-refractivity contribution >= 4 is 29.7 Å². The number of aldehydes is 1. The minimum Gasteiger partial charge on any atom is -0.375 e. The van der Waals surface area contributed by atoms with Gasteiger partial charge in [0.2, 0.25) is 11.8 Å². The highest BCUT2D eigenvalue weighted by Crippen LogP contribution is 2.32. The Bertz CT molecular complexity index is 947. The summed E-state index contributed by atoms with van der Waals surface area (Å²) in [6, 6.07) is 5.35. The number of benzene rings is 1. The lowest BCUT2D eigenvalue weighted by molar-refractivity contribution is -0.137. The van der Waals surface area contributed by atoms with E-state index in [2.05, 4.69) is 16.3 Å². The molecule has 0 aromatic heterocycles. The molecule has 1 aliphatic carbocycles. The van der Waals surface area contributed by atoms with Crippen molar-refractivity contribution in [2.24, 2.45) is 5.92 Å². The van der Waals surface area contributed by atoms with Gasteiger partial charge in [0.1, 0.15) is 12.3 Å². The van der Waals surface area contributed by atoms with E-state index in [1.165, 1.54) is 0 Å². The summed E-state index contributed by atoms with van der Waals surface area (Å²) in [7, 11) is 0. The third-order valence-electron chi connectivity index (χ3n) is 7.61. The molecule has 1 N–H and O–H groups in total. The van der Waals surface area contributed by atoms with Crippen LogP contribution in [0.25, 0.3) is 0 Å². The van der Waals surface area contributed by atoms with Gasteiger partial charge in [0.15, 0.2) is 0 Å². The predicted molar refractivity (Wildman–Crippen MR) is 121 cm³/mol. The maximum atomic E-state index is 12.9. The van der Waals surface area contributed by atoms with Crippen molar-refractivity contribution in [2.75, 3.05) is 18.0 Å². The van der Waals surface area contributed by atoms with E-state index in [0.717, 1.165) is 69.2 Å². The third kappa shape index (κ3) is 4.53. The van der Waals surface area contributed by atoms with E-state index < -0.39 is 6.04 Å². The molecule has 8 heteroatoms. The number of carbonyl (C=O) groups excluding carboxylic acids is 4. The third-order valence-corrected chi connectivity index (χ3v) is 7.61. The molecule has 0 spiro atoms. The van der Waals surface area contributed by atoms with Gasteiger partial charge in [-0.05, 0) is 68.7 Å². The van der Waals surface area contributed by atoms with Gasteiger partial charge in [-0.3, -0.25) is 19.7 Å². The number of amides is 3. The summed E-state index contributed by atoms with van der Waals surface area (Å²) in [4.78, 5) is 51.5. The Kier molecular flexibility index (Phi) is 6.19. The number of anilines is 1. The summed E-state index contributed by atoms with van der Waals surface area (Å²) in [6.45, 7) is 2.20. The average Bonchev–Trinajstić information content (AvgIpc) is 3.15. The van der Waals surface area contributed by atoms with Crippen molar-refractivity contribution in [3.05, 3.63) is 29.3 Å². The van der Waals surface area contributed by atoms with Crippen LogP contribution in [0, 0.1) is 5.92 Å². The van der Waals surface area contributed by atoms with Crippen LogP contribution in [-0.2, 0) is 25.7 Å². The molecule has 1 atom stereocenters. The zero-order valence-electron chi connectivity index (χ0n) is 18.8. The minimum atomic E-state index is -0.583. The Morgan fingerprint density at radius 2 is 1.67 bits per heavy atom. The maximum absolute atomic E-state index is 12.9. The summed E-state index contributed by atoms with van der Waals surface area (Å²) < 4.78 is 6.34. The molecule has 8 nitrogen and oxygen atoms in total. The number of hydrogen-bond acceptors (Lipinski definition) is 6. The lowest BCUT2D eigenvalue weighted by Crippen LogP contribution is -2.52. The summed E-state index contributed by atoms with van der Waals surface area (Å²) in [5.74, 6) is -0.579. The van der Waals surface area contributed by atoms with E-state index in [1.54, 1.807) is 4.90 Å². The second-order valence-electron chi connectivity index (χ2n) is 9.74. The molecule has 3 aliphatic heterocycles. The molecule has 1 unspecified atom stereocenters. The molecule has 5 rings (SSSR count). The molecule has 176 valence electrons. The first-order chi connectivity index (χ1) is 16.0. The summed E-state index contributed by atoms with van der Waals surface area (Å²) in [6.07, 6.45) is 8.03. The number of piperidine rings is 2. The van der Waals surface area contributed by atoms with E-state index in [0.29, 0.717) is 18.5 Å². The number of hydrogen-bond donors (Lipinski definition) is 1. The molecule has 1 aromatic carbocycles. The van der Waals surface area contributed by atoms with Crippen LogP contribution >= 0.6 is 0 Å². The van der Waals surface area contributed by atoms with Crippen molar-refractivity contribution in [3.63, 3.8) is 0 Å². The molecule has 1 aromatic rings. The topological polar surface area (TPSA) is 96.0 Å². The number of imide groups is 1. The van der Waals surface area contributed by atoms with Crippen LogP contribution in [0.3, 0.4) is 0 Å². The fraction of sp³-hybridized carbons (Fsp3) is 0.600. The number of nitrogens with one attached hydrogen (secondary N) is 1. The number of ether oxygens (including phenoxy) is 1. The van der Waals surface area contributed by atoms with Gasteiger partial charge in [-0.25, -0.2) is 0 Å². The van der Waals surface area contributed by atoms with E-state index in [9.17, 15) is 19.2 Å². The average molecular weight is 454 g/mol. The Labute approximate surface area is 193 Å². The van der Waals surface area contributed by atoms with Crippen molar-refractivity contribution in [3.8, 4) is 0 Å². The van der Waals surface area contributed by atoms with Crippen LogP contribution in [0.2, 0.25) is 0 Å². The number of carbonyl (C=O) groups is 4. The molecular formula is C25H31N3O5. The number of fused-ring (bicyclic) bond motifs is 1. The van der Waals surface area contributed by atoms with Gasteiger partial charge in [-0.1, -0.05) is 0 Å². The first-order valence-corrected chi connectivity index (χ1v) is 12.1. The van der Waals surface area contributed by atoms with Crippen LogP contribution in [-0.4, -0.2) is 60.2 Å².